The van der Waals surface area contributed by atoms with E-state index in [1.165, 1.54) is 12.8 Å². The van der Waals surface area contributed by atoms with Crippen molar-refractivity contribution in [3.05, 3.63) is 29.3 Å². The summed E-state index contributed by atoms with van der Waals surface area (Å²) in [5.74, 6) is -0.365. The summed E-state index contributed by atoms with van der Waals surface area (Å²) < 4.78 is 0. The molecular weight excluding hydrogens is 262 g/mol. The standard InChI is InChI=1S/C18H29NO2/c1-5-6-7-8-9-14(17(19)21)13-10-11-15(16(20)12-13)18(2,3)4/h10-12,14,20H,5-9H2,1-4H3,(H2,19,21). The molecule has 0 aliphatic carbocycles. The molecule has 0 aliphatic heterocycles. The summed E-state index contributed by atoms with van der Waals surface area (Å²) in [6.45, 7) is 8.32. The van der Waals surface area contributed by atoms with E-state index >= 15 is 0 Å². The number of amides is 1. The van der Waals surface area contributed by atoms with E-state index in [-0.39, 0.29) is 23.0 Å². The van der Waals surface area contributed by atoms with Crippen molar-refractivity contribution in [3.63, 3.8) is 0 Å². The van der Waals surface area contributed by atoms with E-state index in [0.29, 0.717) is 0 Å². The zero-order chi connectivity index (χ0) is 16.0. The van der Waals surface area contributed by atoms with Gasteiger partial charge in [-0.3, -0.25) is 4.79 Å². The molecule has 0 fully saturated rings. The maximum Gasteiger partial charge on any atom is 0.224 e. The first kappa shape index (κ1) is 17.5. The molecule has 1 amide bonds. The fourth-order valence-electron chi connectivity index (χ4n) is 2.65. The predicted octanol–water partition coefficient (Wildman–Crippen LogP) is 4.23. The summed E-state index contributed by atoms with van der Waals surface area (Å²) in [5, 5.41) is 10.2. The Morgan fingerprint density at radius 2 is 1.90 bits per heavy atom. The van der Waals surface area contributed by atoms with Crippen molar-refractivity contribution < 1.29 is 9.90 Å². The number of carbonyl (C=O) groups is 1. The number of nitrogens with two attached hydrogens (primary N) is 1. The largest absolute Gasteiger partial charge is 0.508 e. The molecule has 1 unspecified atom stereocenters. The molecule has 0 saturated carbocycles. The lowest BCUT2D eigenvalue weighted by molar-refractivity contribution is -0.119. The van der Waals surface area contributed by atoms with Gasteiger partial charge in [0, 0.05) is 0 Å². The van der Waals surface area contributed by atoms with Gasteiger partial charge in [-0.1, -0.05) is 65.5 Å². The summed E-state index contributed by atoms with van der Waals surface area (Å²) in [5.41, 5.74) is 7.13. The fourth-order valence-corrected chi connectivity index (χ4v) is 2.65. The van der Waals surface area contributed by atoms with Gasteiger partial charge in [0.15, 0.2) is 0 Å². The minimum Gasteiger partial charge on any atom is -0.508 e. The molecular formula is C18H29NO2. The van der Waals surface area contributed by atoms with Crippen molar-refractivity contribution in [2.45, 2.75) is 71.1 Å². The van der Waals surface area contributed by atoms with Gasteiger partial charge in [-0.05, 0) is 29.0 Å². The van der Waals surface area contributed by atoms with E-state index in [1.807, 2.05) is 12.1 Å². The van der Waals surface area contributed by atoms with Crippen molar-refractivity contribution in [1.29, 1.82) is 0 Å². The number of rotatable bonds is 7. The van der Waals surface area contributed by atoms with Crippen molar-refractivity contribution >= 4 is 5.91 Å². The molecule has 0 spiro atoms. The van der Waals surface area contributed by atoms with Gasteiger partial charge in [0.25, 0.3) is 0 Å². The molecule has 0 saturated heterocycles. The van der Waals surface area contributed by atoms with Crippen LogP contribution in [0.3, 0.4) is 0 Å². The predicted molar refractivity (Wildman–Crippen MR) is 87.5 cm³/mol. The first-order valence-electron chi connectivity index (χ1n) is 7.90. The summed E-state index contributed by atoms with van der Waals surface area (Å²) in [6.07, 6.45) is 5.21. The Balaban J connectivity index is 2.89. The minimum absolute atomic E-state index is 0.119. The fraction of sp³-hybridized carbons (Fsp3) is 0.611. The van der Waals surface area contributed by atoms with Crippen LogP contribution in [0.4, 0.5) is 0 Å². The minimum atomic E-state index is -0.311. The zero-order valence-electron chi connectivity index (χ0n) is 13.8. The highest BCUT2D eigenvalue weighted by Crippen LogP contribution is 2.34. The van der Waals surface area contributed by atoms with Gasteiger partial charge in [-0.2, -0.15) is 0 Å². The van der Waals surface area contributed by atoms with Gasteiger partial charge in [-0.25, -0.2) is 0 Å². The van der Waals surface area contributed by atoms with Gasteiger partial charge in [0.05, 0.1) is 5.92 Å². The normalized spacial score (nSPS) is 13.1. The quantitative estimate of drug-likeness (QED) is 0.738. The summed E-state index contributed by atoms with van der Waals surface area (Å²) >= 11 is 0. The van der Waals surface area contributed by atoms with Crippen LogP contribution in [0.2, 0.25) is 0 Å². The third-order valence-electron chi connectivity index (χ3n) is 3.92. The van der Waals surface area contributed by atoms with Gasteiger partial charge >= 0.3 is 0 Å². The zero-order valence-corrected chi connectivity index (χ0v) is 13.8. The maximum absolute atomic E-state index is 11.7. The number of phenolic OH excluding ortho intramolecular Hbond substituents is 1. The van der Waals surface area contributed by atoms with E-state index in [9.17, 15) is 9.90 Å². The van der Waals surface area contributed by atoms with Crippen molar-refractivity contribution in [1.82, 2.24) is 0 Å². The first-order valence-corrected chi connectivity index (χ1v) is 7.90. The van der Waals surface area contributed by atoms with Crippen LogP contribution in [0.1, 0.15) is 76.8 Å². The van der Waals surface area contributed by atoms with E-state index in [2.05, 4.69) is 27.7 Å². The number of hydrogen-bond acceptors (Lipinski definition) is 2. The van der Waals surface area contributed by atoms with Crippen LogP contribution >= 0.6 is 0 Å². The third kappa shape index (κ3) is 5.07. The van der Waals surface area contributed by atoms with Gasteiger partial charge in [0.1, 0.15) is 5.75 Å². The Hall–Kier alpha value is -1.51. The first-order chi connectivity index (χ1) is 9.77. The smallest absolute Gasteiger partial charge is 0.224 e. The Bertz CT molecular complexity index is 475. The third-order valence-corrected chi connectivity index (χ3v) is 3.92. The van der Waals surface area contributed by atoms with Gasteiger partial charge in [0.2, 0.25) is 5.91 Å². The van der Waals surface area contributed by atoms with Crippen LogP contribution in [-0.2, 0) is 10.2 Å². The summed E-state index contributed by atoms with van der Waals surface area (Å²) in [4.78, 5) is 11.7. The number of unbranched alkanes of at least 4 members (excludes halogenated alkanes) is 3. The highest BCUT2D eigenvalue weighted by Gasteiger charge is 2.22. The molecule has 0 aromatic heterocycles. The summed E-state index contributed by atoms with van der Waals surface area (Å²) in [6, 6.07) is 5.54. The van der Waals surface area contributed by atoms with E-state index < -0.39 is 0 Å². The van der Waals surface area contributed by atoms with E-state index in [0.717, 1.165) is 30.4 Å². The molecule has 3 N–H and O–H groups in total. The number of carbonyl (C=O) groups excluding carboxylic acids is 1. The second-order valence-electron chi connectivity index (χ2n) is 6.83. The molecule has 21 heavy (non-hydrogen) atoms. The highest BCUT2D eigenvalue weighted by atomic mass is 16.3. The van der Waals surface area contributed by atoms with Crippen LogP contribution in [0.25, 0.3) is 0 Å². The number of primary amides is 1. The van der Waals surface area contributed by atoms with Gasteiger partial charge in [-0.15, -0.1) is 0 Å². The topological polar surface area (TPSA) is 63.3 Å². The van der Waals surface area contributed by atoms with Gasteiger partial charge < -0.3 is 10.8 Å². The summed E-state index contributed by atoms with van der Waals surface area (Å²) in [7, 11) is 0. The molecule has 118 valence electrons. The van der Waals surface area contributed by atoms with Crippen molar-refractivity contribution in [2.24, 2.45) is 5.73 Å². The number of phenols is 1. The maximum atomic E-state index is 11.7. The molecule has 1 atom stereocenters. The lowest BCUT2D eigenvalue weighted by Crippen LogP contribution is -2.21. The molecule has 0 radical (unpaired) electrons. The molecule has 1 aromatic carbocycles. The highest BCUT2D eigenvalue weighted by molar-refractivity contribution is 5.82. The molecule has 0 bridgehead atoms. The molecule has 0 aliphatic rings. The Morgan fingerprint density at radius 1 is 1.24 bits per heavy atom. The number of aromatic hydroxyl groups is 1. The monoisotopic (exact) mass is 291 g/mol. The van der Waals surface area contributed by atoms with Crippen molar-refractivity contribution in [2.75, 3.05) is 0 Å². The Kier molecular flexibility index (Phi) is 6.25. The van der Waals surface area contributed by atoms with Crippen LogP contribution in [-0.4, -0.2) is 11.0 Å². The average molecular weight is 291 g/mol. The SMILES string of the molecule is CCCCCCC(C(N)=O)c1ccc(C(C)(C)C)c(O)c1. The number of benzene rings is 1. The lowest BCUT2D eigenvalue weighted by Gasteiger charge is -2.22. The molecule has 0 heterocycles. The van der Waals surface area contributed by atoms with Crippen LogP contribution in [0.15, 0.2) is 18.2 Å². The van der Waals surface area contributed by atoms with Crippen LogP contribution in [0, 0.1) is 0 Å². The average Bonchev–Trinajstić information content (AvgIpc) is 2.36. The molecule has 1 aromatic rings. The number of hydrogen-bond donors (Lipinski definition) is 2. The lowest BCUT2D eigenvalue weighted by atomic mass is 9.84. The van der Waals surface area contributed by atoms with Crippen LogP contribution < -0.4 is 5.73 Å². The van der Waals surface area contributed by atoms with Crippen LogP contribution in [0.5, 0.6) is 5.75 Å². The molecule has 3 heteroatoms. The molecule has 1 rings (SSSR count). The second-order valence-corrected chi connectivity index (χ2v) is 6.83. The Labute approximate surface area is 128 Å². The molecule has 3 nitrogen and oxygen atoms in total. The van der Waals surface area contributed by atoms with Crippen molar-refractivity contribution in [3.8, 4) is 5.75 Å². The van der Waals surface area contributed by atoms with E-state index in [1.54, 1.807) is 6.07 Å². The second kappa shape index (κ2) is 7.48. The van der Waals surface area contributed by atoms with E-state index in [4.69, 9.17) is 5.73 Å². The Morgan fingerprint density at radius 3 is 2.38 bits per heavy atom.